The standard InChI is InChI=1S/C19H24N2O4S/c1-25-14-13-20(26(2,23)24)16-19(22)21(18-11-7-4-8-12-18)15-17-9-5-3-6-10-17/h3-12H,13-16H2,1-2H3. The van der Waals surface area contributed by atoms with E-state index < -0.39 is 10.0 Å². The van der Waals surface area contributed by atoms with E-state index in [0.717, 1.165) is 21.8 Å². The maximum absolute atomic E-state index is 12.9. The summed E-state index contributed by atoms with van der Waals surface area (Å²) in [5, 5.41) is 0. The zero-order chi connectivity index (χ0) is 19.0. The Morgan fingerprint density at radius 2 is 1.58 bits per heavy atom. The van der Waals surface area contributed by atoms with Gasteiger partial charge >= 0.3 is 0 Å². The van der Waals surface area contributed by atoms with Crippen molar-refractivity contribution in [2.45, 2.75) is 6.54 Å². The molecule has 26 heavy (non-hydrogen) atoms. The zero-order valence-corrected chi connectivity index (χ0v) is 15.9. The van der Waals surface area contributed by atoms with Crippen LogP contribution in [0, 0.1) is 0 Å². The normalized spacial score (nSPS) is 11.5. The van der Waals surface area contributed by atoms with Gasteiger partial charge < -0.3 is 9.64 Å². The number of benzene rings is 2. The molecule has 0 heterocycles. The van der Waals surface area contributed by atoms with Crippen molar-refractivity contribution in [1.29, 1.82) is 0 Å². The van der Waals surface area contributed by atoms with E-state index in [1.807, 2.05) is 60.7 Å². The van der Waals surface area contributed by atoms with Crippen molar-refractivity contribution < 1.29 is 17.9 Å². The maximum Gasteiger partial charge on any atom is 0.242 e. The molecule has 0 aliphatic rings. The molecule has 1 amide bonds. The number of ether oxygens (including phenoxy) is 1. The van der Waals surface area contributed by atoms with Crippen molar-refractivity contribution in [2.75, 3.05) is 38.0 Å². The first-order valence-corrected chi connectivity index (χ1v) is 10.1. The van der Waals surface area contributed by atoms with Crippen molar-refractivity contribution in [3.8, 4) is 0 Å². The zero-order valence-electron chi connectivity index (χ0n) is 15.0. The largest absolute Gasteiger partial charge is 0.383 e. The molecule has 0 unspecified atom stereocenters. The molecule has 0 N–H and O–H groups in total. The van der Waals surface area contributed by atoms with E-state index in [1.54, 1.807) is 4.90 Å². The van der Waals surface area contributed by atoms with Crippen molar-refractivity contribution in [1.82, 2.24) is 4.31 Å². The lowest BCUT2D eigenvalue weighted by molar-refractivity contribution is -0.119. The summed E-state index contributed by atoms with van der Waals surface area (Å²) in [6, 6.07) is 18.8. The molecule has 2 rings (SSSR count). The number of sulfonamides is 1. The fraction of sp³-hybridized carbons (Fsp3) is 0.316. The minimum Gasteiger partial charge on any atom is -0.383 e. The van der Waals surface area contributed by atoms with Gasteiger partial charge in [-0.15, -0.1) is 0 Å². The first kappa shape index (κ1) is 20.1. The second-order valence-corrected chi connectivity index (χ2v) is 7.87. The molecule has 2 aromatic carbocycles. The van der Waals surface area contributed by atoms with Crippen LogP contribution in [-0.4, -0.2) is 51.7 Å². The summed E-state index contributed by atoms with van der Waals surface area (Å²) < 4.78 is 30.1. The van der Waals surface area contributed by atoms with Crippen molar-refractivity contribution >= 4 is 21.6 Å². The average Bonchev–Trinajstić information content (AvgIpc) is 2.63. The highest BCUT2D eigenvalue weighted by atomic mass is 32.2. The highest BCUT2D eigenvalue weighted by Crippen LogP contribution is 2.18. The molecule has 2 aromatic rings. The molecule has 7 heteroatoms. The third-order valence-electron chi connectivity index (χ3n) is 3.88. The molecule has 0 aliphatic heterocycles. The highest BCUT2D eigenvalue weighted by molar-refractivity contribution is 7.88. The number of para-hydroxylation sites is 1. The highest BCUT2D eigenvalue weighted by Gasteiger charge is 2.24. The number of hydrogen-bond acceptors (Lipinski definition) is 4. The van der Waals surface area contributed by atoms with Gasteiger partial charge in [-0.05, 0) is 17.7 Å². The number of amides is 1. The Labute approximate surface area is 155 Å². The third kappa shape index (κ3) is 5.94. The van der Waals surface area contributed by atoms with Gasteiger partial charge in [0.2, 0.25) is 15.9 Å². The van der Waals surface area contributed by atoms with Crippen LogP contribution in [0.2, 0.25) is 0 Å². The second-order valence-electron chi connectivity index (χ2n) is 5.89. The number of carbonyl (C=O) groups is 1. The van der Waals surface area contributed by atoms with Gasteiger partial charge in [0.05, 0.1) is 26.0 Å². The molecule has 0 fully saturated rings. The number of rotatable bonds is 9. The van der Waals surface area contributed by atoms with Crippen LogP contribution in [0.4, 0.5) is 5.69 Å². The third-order valence-corrected chi connectivity index (χ3v) is 5.13. The van der Waals surface area contributed by atoms with Gasteiger partial charge in [-0.1, -0.05) is 48.5 Å². The Morgan fingerprint density at radius 3 is 2.12 bits per heavy atom. The van der Waals surface area contributed by atoms with Crippen molar-refractivity contribution in [2.24, 2.45) is 0 Å². The predicted octanol–water partition coefficient (Wildman–Crippen LogP) is 2.13. The molecule has 0 spiro atoms. The van der Waals surface area contributed by atoms with E-state index in [-0.39, 0.29) is 25.6 Å². The lowest BCUT2D eigenvalue weighted by atomic mass is 10.2. The minimum atomic E-state index is -3.51. The van der Waals surface area contributed by atoms with Crippen LogP contribution in [-0.2, 0) is 26.1 Å². The Kier molecular flexibility index (Phi) is 7.32. The van der Waals surface area contributed by atoms with Crippen LogP contribution in [0.15, 0.2) is 60.7 Å². The van der Waals surface area contributed by atoms with Gasteiger partial charge in [0.15, 0.2) is 0 Å². The molecular formula is C19H24N2O4S. The van der Waals surface area contributed by atoms with Crippen LogP contribution >= 0.6 is 0 Å². The topological polar surface area (TPSA) is 66.9 Å². The van der Waals surface area contributed by atoms with Gasteiger partial charge in [0.25, 0.3) is 0 Å². The Hall–Kier alpha value is -2.22. The summed E-state index contributed by atoms with van der Waals surface area (Å²) in [6.07, 6.45) is 1.10. The smallest absolute Gasteiger partial charge is 0.242 e. The summed E-state index contributed by atoms with van der Waals surface area (Å²) in [4.78, 5) is 14.5. The molecule has 140 valence electrons. The summed E-state index contributed by atoms with van der Waals surface area (Å²) in [7, 11) is -2.02. The van der Waals surface area contributed by atoms with E-state index in [2.05, 4.69) is 0 Å². The van der Waals surface area contributed by atoms with Gasteiger partial charge in [0.1, 0.15) is 0 Å². The van der Waals surface area contributed by atoms with Crippen LogP contribution in [0.5, 0.6) is 0 Å². The molecule has 0 atom stereocenters. The first-order valence-electron chi connectivity index (χ1n) is 8.25. The minimum absolute atomic E-state index is 0.134. The van der Waals surface area contributed by atoms with E-state index in [9.17, 15) is 13.2 Å². The Morgan fingerprint density at radius 1 is 1.00 bits per heavy atom. The van der Waals surface area contributed by atoms with E-state index in [0.29, 0.717) is 6.54 Å². The monoisotopic (exact) mass is 376 g/mol. The fourth-order valence-corrected chi connectivity index (χ4v) is 3.24. The molecule has 0 radical (unpaired) electrons. The predicted molar refractivity (Wildman–Crippen MR) is 102 cm³/mol. The van der Waals surface area contributed by atoms with Gasteiger partial charge in [-0.3, -0.25) is 4.79 Å². The summed E-state index contributed by atoms with van der Waals surface area (Å²) in [5.41, 5.74) is 1.69. The van der Waals surface area contributed by atoms with Crippen LogP contribution < -0.4 is 4.90 Å². The van der Waals surface area contributed by atoms with E-state index in [1.165, 1.54) is 7.11 Å². The van der Waals surface area contributed by atoms with Crippen molar-refractivity contribution in [3.05, 3.63) is 66.2 Å². The summed E-state index contributed by atoms with van der Waals surface area (Å²) in [6.45, 7) is 0.495. The maximum atomic E-state index is 12.9. The average molecular weight is 376 g/mol. The summed E-state index contributed by atoms with van der Waals surface area (Å²) in [5.74, 6) is -0.290. The molecule has 0 saturated carbocycles. The molecule has 0 bridgehead atoms. The van der Waals surface area contributed by atoms with E-state index in [4.69, 9.17) is 4.74 Å². The fourth-order valence-electron chi connectivity index (χ4n) is 2.49. The number of methoxy groups -OCH3 is 1. The Balaban J connectivity index is 2.24. The first-order chi connectivity index (χ1) is 12.4. The van der Waals surface area contributed by atoms with Crippen LogP contribution in [0.25, 0.3) is 0 Å². The SMILES string of the molecule is COCCN(CC(=O)N(Cc1ccccc1)c1ccccc1)S(C)(=O)=O. The van der Waals surface area contributed by atoms with Gasteiger partial charge in [-0.25, -0.2) is 8.42 Å². The van der Waals surface area contributed by atoms with E-state index >= 15 is 0 Å². The number of nitrogens with zero attached hydrogens (tertiary/aromatic N) is 2. The lowest BCUT2D eigenvalue weighted by Gasteiger charge is -2.26. The number of hydrogen-bond donors (Lipinski definition) is 0. The van der Waals surface area contributed by atoms with Crippen LogP contribution in [0.3, 0.4) is 0 Å². The molecule has 0 saturated heterocycles. The number of anilines is 1. The van der Waals surface area contributed by atoms with Crippen LogP contribution in [0.1, 0.15) is 5.56 Å². The molecular weight excluding hydrogens is 352 g/mol. The molecule has 0 aromatic heterocycles. The molecule has 0 aliphatic carbocycles. The second kappa shape index (κ2) is 9.47. The van der Waals surface area contributed by atoms with Gasteiger partial charge in [0, 0.05) is 19.3 Å². The quantitative estimate of drug-likeness (QED) is 0.672. The number of carbonyl (C=O) groups excluding carboxylic acids is 1. The molecule has 6 nitrogen and oxygen atoms in total. The summed E-state index contributed by atoms with van der Waals surface area (Å²) >= 11 is 0. The lowest BCUT2D eigenvalue weighted by Crippen LogP contribution is -2.43. The van der Waals surface area contributed by atoms with Crippen molar-refractivity contribution in [3.63, 3.8) is 0 Å². The van der Waals surface area contributed by atoms with Gasteiger partial charge in [-0.2, -0.15) is 4.31 Å². The Bertz CT molecular complexity index is 795.